The second kappa shape index (κ2) is 3.10. The zero-order valence-electron chi connectivity index (χ0n) is 8.50. The van der Waals surface area contributed by atoms with Crippen LogP contribution in [0.1, 0.15) is 38.8 Å². The van der Waals surface area contributed by atoms with E-state index in [4.69, 9.17) is 0 Å². The Morgan fingerprint density at radius 2 is 2.31 bits per heavy atom. The van der Waals surface area contributed by atoms with Crippen molar-refractivity contribution in [3.63, 3.8) is 0 Å². The Hall–Kier alpha value is -0.340. The molecule has 1 heterocycles. The van der Waals surface area contributed by atoms with Crippen LogP contribution in [-0.2, 0) is 0 Å². The molecule has 2 atom stereocenters. The van der Waals surface area contributed by atoms with Gasteiger partial charge in [0.1, 0.15) is 0 Å². The van der Waals surface area contributed by atoms with Crippen LogP contribution in [-0.4, -0.2) is 6.04 Å². The third-order valence-electron chi connectivity index (χ3n) is 3.01. The summed E-state index contributed by atoms with van der Waals surface area (Å²) in [6.07, 6.45) is 1.32. The van der Waals surface area contributed by atoms with Crippen LogP contribution in [0.2, 0.25) is 0 Å². The minimum Gasteiger partial charge on any atom is -0.307 e. The van der Waals surface area contributed by atoms with E-state index in [2.05, 4.69) is 42.9 Å². The van der Waals surface area contributed by atoms with Gasteiger partial charge >= 0.3 is 0 Å². The third-order valence-corrected chi connectivity index (χ3v) is 3.71. The highest BCUT2D eigenvalue weighted by Gasteiger charge is 2.45. The summed E-state index contributed by atoms with van der Waals surface area (Å²) in [4.78, 5) is 0. The molecule has 1 aliphatic carbocycles. The van der Waals surface area contributed by atoms with Gasteiger partial charge in [0.2, 0.25) is 0 Å². The molecular formula is C11H17NS. The van der Waals surface area contributed by atoms with Gasteiger partial charge in [0, 0.05) is 12.1 Å². The number of rotatable bonds is 3. The lowest BCUT2D eigenvalue weighted by atomic mass is 10.1. The first kappa shape index (κ1) is 9.22. The molecule has 1 fully saturated rings. The molecule has 72 valence electrons. The van der Waals surface area contributed by atoms with Crippen molar-refractivity contribution in [2.75, 3.05) is 0 Å². The Labute approximate surface area is 84.2 Å². The van der Waals surface area contributed by atoms with Crippen molar-refractivity contribution in [1.82, 2.24) is 5.32 Å². The monoisotopic (exact) mass is 195 g/mol. The molecular weight excluding hydrogens is 178 g/mol. The Kier molecular flexibility index (Phi) is 2.20. The van der Waals surface area contributed by atoms with Crippen LogP contribution in [0.25, 0.3) is 0 Å². The van der Waals surface area contributed by atoms with E-state index in [1.165, 1.54) is 12.0 Å². The van der Waals surface area contributed by atoms with E-state index < -0.39 is 0 Å². The highest BCUT2D eigenvalue weighted by Crippen LogP contribution is 2.45. The summed E-state index contributed by atoms with van der Waals surface area (Å²) in [6.45, 7) is 6.90. The summed E-state index contributed by atoms with van der Waals surface area (Å²) >= 11 is 1.78. The van der Waals surface area contributed by atoms with Crippen LogP contribution >= 0.6 is 11.3 Å². The third kappa shape index (κ3) is 1.94. The van der Waals surface area contributed by atoms with Gasteiger partial charge < -0.3 is 5.32 Å². The molecule has 2 heteroatoms. The Balaban J connectivity index is 1.90. The van der Waals surface area contributed by atoms with Gasteiger partial charge in [-0.15, -0.1) is 0 Å². The summed E-state index contributed by atoms with van der Waals surface area (Å²) in [7, 11) is 0. The van der Waals surface area contributed by atoms with Crippen molar-refractivity contribution in [1.29, 1.82) is 0 Å². The van der Waals surface area contributed by atoms with Gasteiger partial charge in [-0.05, 0) is 41.1 Å². The summed E-state index contributed by atoms with van der Waals surface area (Å²) in [5, 5.41) is 8.03. The van der Waals surface area contributed by atoms with Crippen LogP contribution in [0.4, 0.5) is 0 Å². The van der Waals surface area contributed by atoms with Crippen molar-refractivity contribution in [2.45, 2.75) is 39.3 Å². The highest BCUT2D eigenvalue weighted by molar-refractivity contribution is 7.07. The minimum absolute atomic E-state index is 0.512. The zero-order chi connectivity index (χ0) is 9.47. The Bertz CT molecular complexity index is 276. The second-order valence-electron chi connectivity index (χ2n) is 4.69. The summed E-state index contributed by atoms with van der Waals surface area (Å²) in [5.74, 6) is 0. The molecule has 1 aromatic heterocycles. The van der Waals surface area contributed by atoms with Gasteiger partial charge in [-0.1, -0.05) is 13.8 Å². The summed E-state index contributed by atoms with van der Waals surface area (Å²) in [5.41, 5.74) is 1.96. The van der Waals surface area contributed by atoms with E-state index in [-0.39, 0.29) is 0 Å². The highest BCUT2D eigenvalue weighted by atomic mass is 32.1. The van der Waals surface area contributed by atoms with Crippen LogP contribution in [0, 0.1) is 5.41 Å². The lowest BCUT2D eigenvalue weighted by Gasteiger charge is -2.13. The topological polar surface area (TPSA) is 12.0 Å². The van der Waals surface area contributed by atoms with E-state index in [1.807, 2.05) is 0 Å². The molecule has 1 saturated carbocycles. The fourth-order valence-corrected chi connectivity index (χ4v) is 2.43. The maximum absolute atomic E-state index is 3.65. The van der Waals surface area contributed by atoms with E-state index in [9.17, 15) is 0 Å². The van der Waals surface area contributed by atoms with Crippen LogP contribution in [0.5, 0.6) is 0 Å². The smallest absolute Gasteiger partial charge is 0.0302 e. The van der Waals surface area contributed by atoms with Crippen molar-refractivity contribution < 1.29 is 0 Å². The van der Waals surface area contributed by atoms with Crippen LogP contribution in [0.15, 0.2) is 16.8 Å². The van der Waals surface area contributed by atoms with E-state index in [0.29, 0.717) is 11.5 Å². The number of thiophene rings is 1. The summed E-state index contributed by atoms with van der Waals surface area (Å²) in [6, 6.07) is 3.44. The maximum atomic E-state index is 3.65. The normalized spacial score (nSPS) is 27.2. The number of nitrogens with one attached hydrogen (secondary N) is 1. The molecule has 1 N–H and O–H groups in total. The fraction of sp³-hybridized carbons (Fsp3) is 0.636. The molecule has 0 amide bonds. The molecule has 0 aliphatic heterocycles. The molecule has 1 nitrogen and oxygen atoms in total. The van der Waals surface area contributed by atoms with Crippen molar-refractivity contribution in [3.05, 3.63) is 22.4 Å². The van der Waals surface area contributed by atoms with Crippen LogP contribution < -0.4 is 5.32 Å². The van der Waals surface area contributed by atoms with E-state index in [1.54, 1.807) is 11.3 Å². The van der Waals surface area contributed by atoms with E-state index >= 15 is 0 Å². The maximum Gasteiger partial charge on any atom is 0.0302 e. The van der Waals surface area contributed by atoms with Crippen molar-refractivity contribution in [2.24, 2.45) is 5.41 Å². The van der Waals surface area contributed by atoms with Gasteiger partial charge in [-0.3, -0.25) is 0 Å². The SMILES string of the molecule is CC(NC1CC1(C)C)c1ccsc1. The van der Waals surface area contributed by atoms with Crippen LogP contribution in [0.3, 0.4) is 0 Å². The molecule has 1 aromatic rings. The number of hydrogen-bond acceptors (Lipinski definition) is 2. The first-order chi connectivity index (χ1) is 6.09. The molecule has 13 heavy (non-hydrogen) atoms. The Morgan fingerprint density at radius 3 is 2.77 bits per heavy atom. The van der Waals surface area contributed by atoms with Gasteiger partial charge in [-0.25, -0.2) is 0 Å². The average Bonchev–Trinajstić information content (AvgIpc) is 2.58. The molecule has 0 aromatic carbocycles. The standard InChI is InChI=1S/C11H17NS/c1-8(9-4-5-13-7-9)12-10-6-11(10,2)3/h4-5,7-8,10,12H,6H2,1-3H3. The molecule has 0 spiro atoms. The lowest BCUT2D eigenvalue weighted by molar-refractivity contribution is 0.492. The molecule has 2 unspecified atom stereocenters. The largest absolute Gasteiger partial charge is 0.307 e. The molecule has 0 bridgehead atoms. The molecule has 0 radical (unpaired) electrons. The van der Waals surface area contributed by atoms with Gasteiger partial charge in [-0.2, -0.15) is 11.3 Å². The minimum atomic E-state index is 0.512. The van der Waals surface area contributed by atoms with Gasteiger partial charge in [0.05, 0.1) is 0 Å². The molecule has 1 aliphatic rings. The quantitative estimate of drug-likeness (QED) is 0.781. The number of hydrogen-bond donors (Lipinski definition) is 1. The average molecular weight is 195 g/mol. The Morgan fingerprint density at radius 1 is 1.62 bits per heavy atom. The van der Waals surface area contributed by atoms with Gasteiger partial charge in [0.25, 0.3) is 0 Å². The first-order valence-corrected chi connectivity index (χ1v) is 5.82. The van der Waals surface area contributed by atoms with Crippen molar-refractivity contribution >= 4 is 11.3 Å². The lowest BCUT2D eigenvalue weighted by Crippen LogP contribution is -2.23. The van der Waals surface area contributed by atoms with Crippen molar-refractivity contribution in [3.8, 4) is 0 Å². The predicted octanol–water partition coefficient (Wildman–Crippen LogP) is 3.20. The fourth-order valence-electron chi connectivity index (χ4n) is 1.67. The molecule has 0 saturated heterocycles. The van der Waals surface area contributed by atoms with Gasteiger partial charge in [0.15, 0.2) is 0 Å². The second-order valence-corrected chi connectivity index (χ2v) is 5.47. The first-order valence-electron chi connectivity index (χ1n) is 4.88. The van der Waals surface area contributed by atoms with E-state index in [0.717, 1.165) is 6.04 Å². The predicted molar refractivity (Wildman–Crippen MR) is 58.1 cm³/mol. The molecule has 2 rings (SSSR count). The zero-order valence-corrected chi connectivity index (χ0v) is 9.32. The summed E-state index contributed by atoms with van der Waals surface area (Å²) < 4.78 is 0.